The van der Waals surface area contributed by atoms with Crippen LogP contribution in [0.2, 0.25) is 0 Å². The molecule has 0 atom stereocenters. The van der Waals surface area contributed by atoms with E-state index in [-0.39, 0.29) is 12.5 Å². The summed E-state index contributed by atoms with van der Waals surface area (Å²) in [4.78, 5) is 12.2. The molecule has 0 saturated heterocycles. The quantitative estimate of drug-likeness (QED) is 0.728. The molecule has 0 spiro atoms. The molecule has 0 bridgehead atoms. The zero-order valence-corrected chi connectivity index (χ0v) is 15.8. The van der Waals surface area contributed by atoms with Gasteiger partial charge in [0.1, 0.15) is 12.3 Å². The van der Waals surface area contributed by atoms with Crippen LogP contribution in [0.25, 0.3) is 0 Å². The number of nitrogens with one attached hydrogen (secondary N) is 1. The molecule has 26 heavy (non-hydrogen) atoms. The summed E-state index contributed by atoms with van der Waals surface area (Å²) in [5.74, 6) is 0.205. The second kappa shape index (κ2) is 9.24. The van der Waals surface area contributed by atoms with Crippen LogP contribution in [0.3, 0.4) is 0 Å². The third-order valence-electron chi connectivity index (χ3n) is 3.68. The van der Waals surface area contributed by atoms with Crippen molar-refractivity contribution in [3.8, 4) is 5.75 Å². The second-order valence-electron chi connectivity index (χ2n) is 5.79. The molecule has 0 heterocycles. The van der Waals surface area contributed by atoms with Gasteiger partial charge in [0.25, 0.3) is 0 Å². The number of rotatable bonds is 9. The van der Waals surface area contributed by atoms with E-state index in [1.807, 2.05) is 37.3 Å². The average molecular weight is 376 g/mol. The number of anilines is 1. The van der Waals surface area contributed by atoms with Crippen LogP contribution >= 0.6 is 0 Å². The lowest BCUT2D eigenvalue weighted by Crippen LogP contribution is -2.40. The number of benzene rings is 2. The minimum atomic E-state index is -3.60. The summed E-state index contributed by atoms with van der Waals surface area (Å²) in [6.45, 7) is 2.49. The van der Waals surface area contributed by atoms with Crippen LogP contribution in [0, 0.1) is 0 Å². The molecule has 0 radical (unpaired) electrons. The van der Waals surface area contributed by atoms with Crippen LogP contribution in [0.4, 0.5) is 5.69 Å². The minimum absolute atomic E-state index is 0.275. The highest BCUT2D eigenvalue weighted by Crippen LogP contribution is 2.23. The third kappa shape index (κ3) is 6.07. The van der Waals surface area contributed by atoms with E-state index in [4.69, 9.17) is 4.74 Å². The maximum absolute atomic E-state index is 12.2. The Labute approximate surface area is 154 Å². The SMILES string of the molecule is CCOc1cccc(N(CC(=O)NCCc2ccccc2)S(C)(=O)=O)c1. The highest BCUT2D eigenvalue weighted by atomic mass is 32.2. The summed E-state index contributed by atoms with van der Waals surface area (Å²) in [7, 11) is -3.60. The largest absolute Gasteiger partial charge is 0.494 e. The smallest absolute Gasteiger partial charge is 0.240 e. The topological polar surface area (TPSA) is 75.7 Å². The summed E-state index contributed by atoms with van der Waals surface area (Å²) < 4.78 is 30.8. The minimum Gasteiger partial charge on any atom is -0.494 e. The van der Waals surface area contributed by atoms with E-state index >= 15 is 0 Å². The van der Waals surface area contributed by atoms with Crippen molar-refractivity contribution in [1.29, 1.82) is 0 Å². The molecule has 0 saturated carbocycles. The maximum atomic E-state index is 12.2. The van der Waals surface area contributed by atoms with Crippen molar-refractivity contribution >= 4 is 21.6 Å². The fraction of sp³-hybridized carbons (Fsp3) is 0.316. The van der Waals surface area contributed by atoms with E-state index in [9.17, 15) is 13.2 Å². The van der Waals surface area contributed by atoms with E-state index in [0.717, 1.165) is 16.1 Å². The summed E-state index contributed by atoms with van der Waals surface area (Å²) in [5, 5.41) is 2.77. The molecule has 1 amide bonds. The number of hydrogen-bond acceptors (Lipinski definition) is 4. The van der Waals surface area contributed by atoms with Crippen LogP contribution in [0.15, 0.2) is 54.6 Å². The molecule has 6 nitrogen and oxygen atoms in total. The van der Waals surface area contributed by atoms with Gasteiger partial charge in [-0.3, -0.25) is 9.10 Å². The fourth-order valence-electron chi connectivity index (χ4n) is 2.47. The number of carbonyl (C=O) groups is 1. The number of carbonyl (C=O) groups excluding carboxylic acids is 1. The predicted octanol–water partition coefficient (Wildman–Crippen LogP) is 2.21. The van der Waals surface area contributed by atoms with Gasteiger partial charge in [0.15, 0.2) is 0 Å². The van der Waals surface area contributed by atoms with Crippen LogP contribution in [-0.4, -0.2) is 40.3 Å². The maximum Gasteiger partial charge on any atom is 0.240 e. The molecule has 2 aromatic carbocycles. The van der Waals surface area contributed by atoms with Gasteiger partial charge in [-0.15, -0.1) is 0 Å². The van der Waals surface area contributed by atoms with Crippen molar-refractivity contribution < 1.29 is 17.9 Å². The molecule has 0 unspecified atom stereocenters. The van der Waals surface area contributed by atoms with Crippen LogP contribution in [0.5, 0.6) is 5.75 Å². The molecular formula is C19H24N2O4S. The lowest BCUT2D eigenvalue weighted by atomic mass is 10.1. The first-order chi connectivity index (χ1) is 12.4. The first-order valence-electron chi connectivity index (χ1n) is 8.41. The Morgan fingerprint density at radius 3 is 2.50 bits per heavy atom. The summed E-state index contributed by atoms with van der Waals surface area (Å²) in [6.07, 6.45) is 1.77. The lowest BCUT2D eigenvalue weighted by molar-refractivity contribution is -0.119. The Hall–Kier alpha value is -2.54. The van der Waals surface area contributed by atoms with Crippen molar-refractivity contribution in [2.45, 2.75) is 13.3 Å². The zero-order chi connectivity index (χ0) is 19.0. The van der Waals surface area contributed by atoms with Gasteiger partial charge in [0.2, 0.25) is 15.9 Å². The van der Waals surface area contributed by atoms with Gasteiger partial charge >= 0.3 is 0 Å². The van der Waals surface area contributed by atoms with Crippen molar-refractivity contribution in [1.82, 2.24) is 5.32 Å². The Balaban J connectivity index is 2.01. The van der Waals surface area contributed by atoms with E-state index in [0.29, 0.717) is 31.0 Å². The number of hydrogen-bond donors (Lipinski definition) is 1. The monoisotopic (exact) mass is 376 g/mol. The van der Waals surface area contributed by atoms with E-state index in [1.54, 1.807) is 24.3 Å². The molecule has 140 valence electrons. The number of nitrogens with zero attached hydrogens (tertiary/aromatic N) is 1. The van der Waals surface area contributed by atoms with Gasteiger partial charge in [-0.2, -0.15) is 0 Å². The highest BCUT2D eigenvalue weighted by molar-refractivity contribution is 7.92. The van der Waals surface area contributed by atoms with Gasteiger partial charge < -0.3 is 10.1 Å². The predicted molar refractivity (Wildman–Crippen MR) is 103 cm³/mol. The van der Waals surface area contributed by atoms with Crippen molar-refractivity contribution in [3.05, 3.63) is 60.2 Å². The fourth-order valence-corrected chi connectivity index (χ4v) is 3.32. The van der Waals surface area contributed by atoms with E-state index in [1.165, 1.54) is 0 Å². The van der Waals surface area contributed by atoms with Gasteiger partial charge in [-0.1, -0.05) is 36.4 Å². The summed E-state index contributed by atoms with van der Waals surface area (Å²) in [6, 6.07) is 16.5. The average Bonchev–Trinajstić information content (AvgIpc) is 2.60. The number of amides is 1. The van der Waals surface area contributed by atoms with E-state index in [2.05, 4.69) is 5.32 Å². The number of ether oxygens (including phenoxy) is 1. The molecular weight excluding hydrogens is 352 g/mol. The third-order valence-corrected chi connectivity index (χ3v) is 4.82. The van der Waals surface area contributed by atoms with Gasteiger partial charge in [-0.25, -0.2) is 8.42 Å². The van der Waals surface area contributed by atoms with Crippen LogP contribution in [0.1, 0.15) is 12.5 Å². The normalized spacial score (nSPS) is 11.0. The molecule has 2 rings (SSSR count). The van der Waals surface area contributed by atoms with Crippen molar-refractivity contribution in [3.63, 3.8) is 0 Å². The van der Waals surface area contributed by atoms with Gasteiger partial charge in [-0.05, 0) is 31.0 Å². The number of sulfonamides is 1. The molecule has 0 aromatic heterocycles. The second-order valence-corrected chi connectivity index (χ2v) is 7.69. The standard InChI is InChI=1S/C19H24N2O4S/c1-3-25-18-11-7-10-17(14-18)21(26(2,23)24)15-19(22)20-13-12-16-8-5-4-6-9-16/h4-11,14H,3,12-13,15H2,1-2H3,(H,20,22). The Morgan fingerprint density at radius 2 is 1.85 bits per heavy atom. The first kappa shape index (κ1) is 19.8. The summed E-state index contributed by atoms with van der Waals surface area (Å²) >= 11 is 0. The molecule has 0 aliphatic rings. The highest BCUT2D eigenvalue weighted by Gasteiger charge is 2.21. The van der Waals surface area contributed by atoms with Crippen LogP contribution in [-0.2, 0) is 21.2 Å². The lowest BCUT2D eigenvalue weighted by Gasteiger charge is -2.22. The summed E-state index contributed by atoms with van der Waals surface area (Å²) in [5.41, 5.74) is 1.51. The van der Waals surface area contributed by atoms with Crippen molar-refractivity contribution in [2.24, 2.45) is 0 Å². The molecule has 2 aromatic rings. The zero-order valence-electron chi connectivity index (χ0n) is 15.0. The Morgan fingerprint density at radius 1 is 1.12 bits per heavy atom. The molecule has 1 N–H and O–H groups in total. The molecule has 0 fully saturated rings. The molecule has 0 aliphatic carbocycles. The van der Waals surface area contributed by atoms with Gasteiger partial charge in [0.05, 0.1) is 18.6 Å². The van der Waals surface area contributed by atoms with Crippen molar-refractivity contribution in [2.75, 3.05) is 30.3 Å². The Kier molecular flexibility index (Phi) is 7.03. The van der Waals surface area contributed by atoms with Crippen LogP contribution < -0.4 is 14.4 Å². The Bertz CT molecular complexity index is 822. The van der Waals surface area contributed by atoms with E-state index < -0.39 is 10.0 Å². The molecule has 0 aliphatic heterocycles. The van der Waals surface area contributed by atoms with Gasteiger partial charge in [0, 0.05) is 12.6 Å². The first-order valence-corrected chi connectivity index (χ1v) is 10.3. The molecule has 7 heteroatoms.